The fourth-order valence-corrected chi connectivity index (χ4v) is 10.7. The Morgan fingerprint density at radius 2 is 0.613 bits per heavy atom. The molecule has 0 atom stereocenters. The molecule has 0 amide bonds. The molecule has 0 aliphatic rings. The molecule has 0 radical (unpaired) electrons. The normalized spacial score (nSPS) is 13.5. The standard InChI is InChI=1S/C62H58/c1-59(2,3)39-26-37(27-40(31-39)60(4,5)6)54-51-33-48-45-23-17-22-44-43-21-14-13-18-36(43)30-50(56(44)45)49(48)34-52(51)55(38-28-41(61(7,8)9)32-42(29-38)62(10,11)12)58-47-25-16-20-35-19-15-24-46(53(35)47)57(54)58/h13-34H,1-12H3. The summed E-state index contributed by atoms with van der Waals surface area (Å²) in [6.07, 6.45) is 0. The monoisotopic (exact) mass is 802 g/mol. The zero-order chi connectivity index (χ0) is 43.4. The first kappa shape index (κ1) is 38.9. The van der Waals surface area contributed by atoms with Gasteiger partial charge in [0.15, 0.2) is 0 Å². The Morgan fingerprint density at radius 1 is 0.242 bits per heavy atom. The highest BCUT2D eigenvalue weighted by Gasteiger charge is 2.29. The molecule has 0 aliphatic heterocycles. The molecule has 11 rings (SSSR count). The predicted molar refractivity (Wildman–Crippen MR) is 275 cm³/mol. The minimum atomic E-state index is -0.0335. The molecule has 0 heterocycles. The molecule has 306 valence electrons. The van der Waals surface area contributed by atoms with Gasteiger partial charge in [-0.25, -0.2) is 0 Å². The third-order valence-corrected chi connectivity index (χ3v) is 14.3. The number of hydrogen-bond acceptors (Lipinski definition) is 0. The van der Waals surface area contributed by atoms with E-state index in [4.69, 9.17) is 0 Å². The van der Waals surface area contributed by atoms with Gasteiger partial charge in [-0.15, -0.1) is 0 Å². The van der Waals surface area contributed by atoms with E-state index in [2.05, 4.69) is 217 Å². The van der Waals surface area contributed by atoms with Crippen LogP contribution in [0.3, 0.4) is 0 Å². The summed E-state index contributed by atoms with van der Waals surface area (Å²) in [4.78, 5) is 0. The van der Waals surface area contributed by atoms with Crippen LogP contribution in [0.5, 0.6) is 0 Å². The van der Waals surface area contributed by atoms with Crippen LogP contribution >= 0.6 is 0 Å². The van der Waals surface area contributed by atoms with E-state index >= 15 is 0 Å². The molecule has 0 unspecified atom stereocenters. The molecular weight excluding hydrogens is 745 g/mol. The van der Waals surface area contributed by atoms with Crippen molar-refractivity contribution in [3.8, 4) is 22.3 Å². The Hall–Kier alpha value is -5.98. The lowest BCUT2D eigenvalue weighted by Gasteiger charge is -2.28. The number of benzene rings is 9. The summed E-state index contributed by atoms with van der Waals surface area (Å²) < 4.78 is 0. The second kappa shape index (κ2) is 12.8. The Balaban J connectivity index is 1.45. The lowest BCUT2D eigenvalue weighted by molar-refractivity contribution is 0.568. The van der Waals surface area contributed by atoms with E-state index in [1.54, 1.807) is 0 Å². The van der Waals surface area contributed by atoms with Crippen LogP contribution in [0.4, 0.5) is 0 Å². The molecule has 0 saturated heterocycles. The summed E-state index contributed by atoms with van der Waals surface area (Å²) in [6, 6.07) is 52.6. The van der Waals surface area contributed by atoms with Crippen LogP contribution in [0, 0.1) is 0 Å². The van der Waals surface area contributed by atoms with Gasteiger partial charge in [0.1, 0.15) is 0 Å². The molecule has 0 aliphatic carbocycles. The van der Waals surface area contributed by atoms with Gasteiger partial charge < -0.3 is 0 Å². The quantitative estimate of drug-likeness (QED) is 0.153. The third-order valence-electron chi connectivity index (χ3n) is 14.3. The van der Waals surface area contributed by atoms with E-state index in [0.717, 1.165) is 0 Å². The van der Waals surface area contributed by atoms with Gasteiger partial charge in [0.25, 0.3) is 0 Å². The number of fused-ring (bicyclic) bond motifs is 9. The lowest BCUT2D eigenvalue weighted by atomic mass is 9.76. The summed E-state index contributed by atoms with van der Waals surface area (Å²) in [6.45, 7) is 28.4. The van der Waals surface area contributed by atoms with Crippen molar-refractivity contribution in [2.75, 3.05) is 0 Å². The van der Waals surface area contributed by atoms with Crippen LogP contribution in [0.15, 0.2) is 133 Å². The zero-order valence-corrected chi connectivity index (χ0v) is 38.7. The van der Waals surface area contributed by atoms with Crippen molar-refractivity contribution in [2.24, 2.45) is 0 Å². The second-order valence-electron chi connectivity index (χ2n) is 22.6. The molecule has 11 aromatic rings. The van der Waals surface area contributed by atoms with Crippen LogP contribution in [0.1, 0.15) is 105 Å². The van der Waals surface area contributed by atoms with Crippen molar-refractivity contribution in [3.63, 3.8) is 0 Å². The highest BCUT2D eigenvalue weighted by atomic mass is 14.3. The summed E-state index contributed by atoms with van der Waals surface area (Å²) >= 11 is 0. The van der Waals surface area contributed by atoms with Crippen molar-refractivity contribution in [2.45, 2.75) is 105 Å². The van der Waals surface area contributed by atoms with Crippen molar-refractivity contribution < 1.29 is 0 Å². The maximum absolute atomic E-state index is 2.61. The largest absolute Gasteiger partial charge is 0.0616 e. The Kier molecular flexibility index (Phi) is 8.03. The van der Waals surface area contributed by atoms with Crippen molar-refractivity contribution in [3.05, 3.63) is 156 Å². The van der Waals surface area contributed by atoms with E-state index in [-0.39, 0.29) is 21.7 Å². The van der Waals surface area contributed by atoms with E-state index in [1.165, 1.54) is 131 Å². The molecule has 0 N–H and O–H groups in total. The van der Waals surface area contributed by atoms with E-state index in [1.807, 2.05) is 0 Å². The number of hydrogen-bond donors (Lipinski definition) is 0. The van der Waals surface area contributed by atoms with E-state index in [0.29, 0.717) is 0 Å². The van der Waals surface area contributed by atoms with Crippen LogP contribution in [-0.2, 0) is 21.7 Å². The minimum absolute atomic E-state index is 0.0325. The summed E-state index contributed by atoms with van der Waals surface area (Å²) in [5.41, 5.74) is 10.7. The maximum atomic E-state index is 2.61. The van der Waals surface area contributed by atoms with Gasteiger partial charge in [0, 0.05) is 0 Å². The highest BCUT2D eigenvalue weighted by molar-refractivity contribution is 6.42. The molecule has 0 aromatic heterocycles. The molecule has 0 spiro atoms. The average Bonchev–Trinajstić information content (AvgIpc) is 3.71. The smallest absolute Gasteiger partial charge is 0.000741 e. The predicted octanol–water partition coefficient (Wildman–Crippen LogP) is 18.3. The van der Waals surface area contributed by atoms with Crippen molar-refractivity contribution in [1.29, 1.82) is 0 Å². The van der Waals surface area contributed by atoms with Gasteiger partial charge in [-0.05, 0) is 171 Å². The van der Waals surface area contributed by atoms with Gasteiger partial charge in [0.2, 0.25) is 0 Å². The van der Waals surface area contributed by atoms with Gasteiger partial charge >= 0.3 is 0 Å². The van der Waals surface area contributed by atoms with Gasteiger partial charge in [0.05, 0.1) is 0 Å². The first-order valence-electron chi connectivity index (χ1n) is 22.8. The average molecular weight is 803 g/mol. The molecule has 0 nitrogen and oxygen atoms in total. The third kappa shape index (κ3) is 5.71. The Labute approximate surface area is 367 Å². The van der Waals surface area contributed by atoms with E-state index < -0.39 is 0 Å². The second-order valence-corrected chi connectivity index (χ2v) is 22.6. The van der Waals surface area contributed by atoms with E-state index in [9.17, 15) is 0 Å². The van der Waals surface area contributed by atoms with Crippen molar-refractivity contribution in [1.82, 2.24) is 0 Å². The fraction of sp³-hybridized carbons (Fsp3) is 0.258. The molecular formula is C62H58. The molecule has 0 fully saturated rings. The van der Waals surface area contributed by atoms with Crippen LogP contribution < -0.4 is 0 Å². The van der Waals surface area contributed by atoms with Gasteiger partial charge in [-0.1, -0.05) is 198 Å². The first-order valence-corrected chi connectivity index (χ1v) is 22.8. The summed E-state index contributed by atoms with van der Waals surface area (Å²) in [5.74, 6) is 0. The summed E-state index contributed by atoms with van der Waals surface area (Å²) in [5, 5.41) is 21.4. The molecule has 0 heteroatoms. The highest BCUT2D eigenvalue weighted by Crippen LogP contribution is 2.54. The molecule has 0 bridgehead atoms. The zero-order valence-electron chi connectivity index (χ0n) is 38.7. The van der Waals surface area contributed by atoms with Gasteiger partial charge in [-0.3, -0.25) is 0 Å². The number of rotatable bonds is 2. The van der Waals surface area contributed by atoms with Crippen LogP contribution in [-0.4, -0.2) is 0 Å². The van der Waals surface area contributed by atoms with Gasteiger partial charge in [-0.2, -0.15) is 0 Å². The van der Waals surface area contributed by atoms with Crippen molar-refractivity contribution >= 4 is 86.2 Å². The minimum Gasteiger partial charge on any atom is -0.0616 e. The fourth-order valence-electron chi connectivity index (χ4n) is 10.7. The van der Waals surface area contributed by atoms with Crippen LogP contribution in [0.25, 0.3) is 108 Å². The maximum Gasteiger partial charge on any atom is -0.000741 e. The molecule has 11 aromatic carbocycles. The first-order chi connectivity index (χ1) is 29.3. The SMILES string of the molecule is CC(C)(C)c1cc(-c2c3cc4c(cc3c(-c3cc(C(C)(C)C)cc(C(C)(C)C)c3)c3c5cccc6cccc(c23)c65)c2cc3ccccc3c3cccc4c32)cc(C(C)(C)C)c1. The van der Waals surface area contributed by atoms with Crippen LogP contribution in [0.2, 0.25) is 0 Å². The lowest BCUT2D eigenvalue weighted by Crippen LogP contribution is -2.16. The summed E-state index contributed by atoms with van der Waals surface area (Å²) in [7, 11) is 0. The molecule has 0 saturated carbocycles. The topological polar surface area (TPSA) is 0 Å². The molecule has 62 heavy (non-hydrogen) atoms. The Morgan fingerprint density at radius 3 is 1.08 bits per heavy atom. The Bertz CT molecular complexity index is 3570.